The molecule has 1 aromatic carbocycles. The fourth-order valence-corrected chi connectivity index (χ4v) is 1.82. The van der Waals surface area contributed by atoms with Gasteiger partial charge in [0.2, 0.25) is 0 Å². The van der Waals surface area contributed by atoms with Crippen LogP contribution in [0.1, 0.15) is 5.56 Å². The lowest BCUT2D eigenvalue weighted by Gasteiger charge is -2.11. The van der Waals surface area contributed by atoms with Crippen LogP contribution in [0.5, 0.6) is 0 Å². The number of hydrogen-bond acceptors (Lipinski definition) is 3. The Kier molecular flexibility index (Phi) is 3.44. The first-order valence-corrected chi connectivity index (χ1v) is 5.54. The molecule has 2 rings (SSSR count). The van der Waals surface area contributed by atoms with E-state index >= 15 is 0 Å². The molecular weight excluding hydrogens is 244 g/mol. The van der Waals surface area contributed by atoms with E-state index in [9.17, 15) is 9.59 Å². The number of carboxylic acids is 1. The minimum absolute atomic E-state index is 0.0686. The quantitative estimate of drug-likeness (QED) is 0.899. The minimum atomic E-state index is -1.13. The van der Waals surface area contributed by atoms with E-state index in [-0.39, 0.29) is 5.56 Å². The van der Waals surface area contributed by atoms with Crippen LogP contribution in [0.3, 0.4) is 0 Å². The van der Waals surface area contributed by atoms with Gasteiger partial charge in [0.15, 0.2) is 0 Å². The van der Waals surface area contributed by atoms with Gasteiger partial charge in [0.05, 0.1) is 5.69 Å². The van der Waals surface area contributed by atoms with Crippen LogP contribution in [0.2, 0.25) is 0 Å². The standard InChI is InChI=1S/C14H10N2O3/c15-8-11-6-7-12(10-4-2-1-3-5-10)16(14(11)19)9-13(17)18/h1-7H,9H2,(H,17,18). The van der Waals surface area contributed by atoms with Crippen molar-refractivity contribution in [1.82, 2.24) is 4.57 Å². The summed E-state index contributed by atoms with van der Waals surface area (Å²) in [6.07, 6.45) is 0. The third-order valence-corrected chi connectivity index (χ3v) is 2.66. The number of carbonyl (C=O) groups is 1. The van der Waals surface area contributed by atoms with Crippen molar-refractivity contribution in [3.63, 3.8) is 0 Å². The lowest BCUT2D eigenvalue weighted by atomic mass is 10.1. The Labute approximate surface area is 109 Å². The summed E-state index contributed by atoms with van der Waals surface area (Å²) in [4.78, 5) is 22.9. The van der Waals surface area contributed by atoms with Crippen LogP contribution >= 0.6 is 0 Å². The Morgan fingerprint density at radius 2 is 1.89 bits per heavy atom. The number of aliphatic carboxylic acids is 1. The summed E-state index contributed by atoms with van der Waals surface area (Å²) in [5.74, 6) is -1.13. The van der Waals surface area contributed by atoms with Gasteiger partial charge in [0.1, 0.15) is 18.2 Å². The maximum atomic E-state index is 12.0. The Balaban J connectivity index is 2.68. The molecule has 1 heterocycles. The third kappa shape index (κ3) is 2.53. The lowest BCUT2D eigenvalue weighted by molar-refractivity contribution is -0.137. The average Bonchev–Trinajstić information content (AvgIpc) is 2.41. The molecule has 94 valence electrons. The number of rotatable bonds is 3. The van der Waals surface area contributed by atoms with E-state index in [1.807, 2.05) is 6.07 Å². The van der Waals surface area contributed by atoms with E-state index in [4.69, 9.17) is 10.4 Å². The van der Waals surface area contributed by atoms with E-state index in [0.29, 0.717) is 5.69 Å². The summed E-state index contributed by atoms with van der Waals surface area (Å²) in [5, 5.41) is 17.7. The van der Waals surface area contributed by atoms with E-state index < -0.39 is 18.1 Å². The monoisotopic (exact) mass is 254 g/mol. The summed E-state index contributed by atoms with van der Waals surface area (Å²) >= 11 is 0. The topological polar surface area (TPSA) is 83.1 Å². The molecule has 0 aliphatic carbocycles. The Bertz CT molecular complexity index is 712. The van der Waals surface area contributed by atoms with Gasteiger partial charge in [0, 0.05) is 0 Å². The molecule has 0 atom stereocenters. The van der Waals surface area contributed by atoms with Gasteiger partial charge in [-0.1, -0.05) is 30.3 Å². The molecule has 0 aliphatic rings. The molecule has 5 heteroatoms. The zero-order valence-electron chi connectivity index (χ0n) is 9.91. The van der Waals surface area contributed by atoms with Crippen molar-refractivity contribution in [2.45, 2.75) is 6.54 Å². The van der Waals surface area contributed by atoms with E-state index in [0.717, 1.165) is 10.1 Å². The fraction of sp³-hybridized carbons (Fsp3) is 0.0714. The molecular formula is C14H10N2O3. The van der Waals surface area contributed by atoms with Crippen molar-refractivity contribution in [2.75, 3.05) is 0 Å². The molecule has 0 radical (unpaired) electrons. The Morgan fingerprint density at radius 3 is 2.47 bits per heavy atom. The molecule has 0 unspecified atom stereocenters. The van der Waals surface area contributed by atoms with Gasteiger partial charge >= 0.3 is 5.97 Å². The largest absolute Gasteiger partial charge is 0.480 e. The van der Waals surface area contributed by atoms with Crippen molar-refractivity contribution >= 4 is 5.97 Å². The van der Waals surface area contributed by atoms with Gasteiger partial charge in [-0.2, -0.15) is 5.26 Å². The number of nitriles is 1. The molecule has 0 fully saturated rings. The highest BCUT2D eigenvalue weighted by Gasteiger charge is 2.12. The second-order valence-corrected chi connectivity index (χ2v) is 3.90. The second kappa shape index (κ2) is 5.19. The maximum Gasteiger partial charge on any atom is 0.323 e. The SMILES string of the molecule is N#Cc1ccc(-c2ccccc2)n(CC(=O)O)c1=O. The molecule has 1 N–H and O–H groups in total. The molecule has 1 aromatic heterocycles. The molecule has 0 saturated carbocycles. The summed E-state index contributed by atoms with van der Waals surface area (Å²) in [6.45, 7) is -0.474. The number of pyridine rings is 1. The molecule has 0 saturated heterocycles. The van der Waals surface area contributed by atoms with Crippen molar-refractivity contribution in [3.8, 4) is 17.3 Å². The molecule has 0 bridgehead atoms. The maximum absolute atomic E-state index is 12.0. The summed E-state index contributed by atoms with van der Waals surface area (Å²) in [7, 11) is 0. The average molecular weight is 254 g/mol. The summed E-state index contributed by atoms with van der Waals surface area (Å²) in [6, 6.07) is 13.7. The molecule has 19 heavy (non-hydrogen) atoms. The predicted molar refractivity (Wildman–Crippen MR) is 68.5 cm³/mol. The minimum Gasteiger partial charge on any atom is -0.480 e. The van der Waals surface area contributed by atoms with Gasteiger partial charge in [-0.3, -0.25) is 14.2 Å². The van der Waals surface area contributed by atoms with Crippen molar-refractivity contribution in [1.29, 1.82) is 5.26 Å². The van der Waals surface area contributed by atoms with Crippen LogP contribution in [0.25, 0.3) is 11.3 Å². The third-order valence-electron chi connectivity index (χ3n) is 2.66. The first-order valence-electron chi connectivity index (χ1n) is 5.54. The predicted octanol–water partition coefficient (Wildman–Crippen LogP) is 1.47. The second-order valence-electron chi connectivity index (χ2n) is 3.90. The van der Waals surface area contributed by atoms with Crippen LogP contribution in [-0.2, 0) is 11.3 Å². The Hall–Kier alpha value is -2.87. The van der Waals surface area contributed by atoms with E-state index in [2.05, 4.69) is 0 Å². The lowest BCUT2D eigenvalue weighted by Crippen LogP contribution is -2.27. The number of carboxylic acid groups (broad SMARTS) is 1. The molecule has 0 spiro atoms. The zero-order valence-corrected chi connectivity index (χ0v) is 9.91. The smallest absolute Gasteiger partial charge is 0.323 e. The highest BCUT2D eigenvalue weighted by molar-refractivity contribution is 5.69. The Morgan fingerprint density at radius 1 is 1.21 bits per heavy atom. The number of nitrogens with zero attached hydrogens (tertiary/aromatic N) is 2. The first-order chi connectivity index (χ1) is 9.13. The highest BCUT2D eigenvalue weighted by atomic mass is 16.4. The van der Waals surface area contributed by atoms with Crippen LogP contribution in [0.4, 0.5) is 0 Å². The van der Waals surface area contributed by atoms with Crippen LogP contribution in [0.15, 0.2) is 47.3 Å². The number of benzene rings is 1. The van der Waals surface area contributed by atoms with Crippen molar-refractivity contribution in [3.05, 3.63) is 58.4 Å². The van der Waals surface area contributed by atoms with Crippen LogP contribution in [0, 0.1) is 11.3 Å². The van der Waals surface area contributed by atoms with E-state index in [1.54, 1.807) is 36.4 Å². The van der Waals surface area contributed by atoms with Crippen molar-refractivity contribution < 1.29 is 9.90 Å². The van der Waals surface area contributed by atoms with Crippen LogP contribution in [-0.4, -0.2) is 15.6 Å². The zero-order chi connectivity index (χ0) is 13.8. The van der Waals surface area contributed by atoms with Gasteiger partial charge in [-0.15, -0.1) is 0 Å². The van der Waals surface area contributed by atoms with Gasteiger partial charge < -0.3 is 5.11 Å². The molecule has 0 aliphatic heterocycles. The number of hydrogen-bond donors (Lipinski definition) is 1. The number of aromatic nitrogens is 1. The molecule has 5 nitrogen and oxygen atoms in total. The van der Waals surface area contributed by atoms with Gasteiger partial charge in [-0.05, 0) is 17.7 Å². The van der Waals surface area contributed by atoms with Crippen molar-refractivity contribution in [2.24, 2.45) is 0 Å². The fourth-order valence-electron chi connectivity index (χ4n) is 1.82. The van der Waals surface area contributed by atoms with Gasteiger partial charge in [0.25, 0.3) is 5.56 Å². The highest BCUT2D eigenvalue weighted by Crippen LogP contribution is 2.17. The normalized spacial score (nSPS) is 9.84. The van der Waals surface area contributed by atoms with Gasteiger partial charge in [-0.25, -0.2) is 0 Å². The summed E-state index contributed by atoms with van der Waals surface area (Å²) in [5.41, 5.74) is 0.546. The summed E-state index contributed by atoms with van der Waals surface area (Å²) < 4.78 is 1.09. The molecule has 0 amide bonds. The van der Waals surface area contributed by atoms with E-state index in [1.165, 1.54) is 6.07 Å². The molecule has 2 aromatic rings. The van der Waals surface area contributed by atoms with Crippen LogP contribution < -0.4 is 5.56 Å². The first kappa shape index (κ1) is 12.6.